The molecule has 1 aromatic heterocycles. The zero-order valence-corrected chi connectivity index (χ0v) is 25.1. The van der Waals surface area contributed by atoms with E-state index in [-0.39, 0.29) is 14.9 Å². The fourth-order valence-corrected chi connectivity index (χ4v) is 9.37. The molecule has 0 radical (unpaired) electrons. The van der Waals surface area contributed by atoms with Gasteiger partial charge in [0.1, 0.15) is 5.75 Å². The van der Waals surface area contributed by atoms with Crippen molar-refractivity contribution in [1.29, 1.82) is 0 Å². The maximum Gasteiger partial charge on any atom is 0.279 e. The lowest BCUT2D eigenvalue weighted by Crippen LogP contribution is -2.37. The van der Waals surface area contributed by atoms with Crippen molar-refractivity contribution >= 4 is 36.5 Å². The van der Waals surface area contributed by atoms with Gasteiger partial charge in [-0.2, -0.15) is 16.8 Å². The summed E-state index contributed by atoms with van der Waals surface area (Å²) in [5.41, 5.74) is 3.88. The third-order valence-electron chi connectivity index (χ3n) is 6.49. The molecule has 0 fully saturated rings. The Hall–Kier alpha value is -3.99. The Balaban J connectivity index is 1.73. The van der Waals surface area contributed by atoms with Crippen LogP contribution in [0.4, 0.5) is 5.13 Å². The van der Waals surface area contributed by atoms with Crippen molar-refractivity contribution in [2.75, 3.05) is 10.8 Å². The van der Waals surface area contributed by atoms with Gasteiger partial charge in [0, 0.05) is 16.9 Å². The first-order chi connectivity index (χ1) is 19.6. The number of aryl methyl sites for hydroxylation is 2. The summed E-state index contributed by atoms with van der Waals surface area (Å²) in [4.78, 5) is 5.12. The van der Waals surface area contributed by atoms with Crippen LogP contribution >= 0.6 is 11.3 Å². The van der Waals surface area contributed by atoms with E-state index in [4.69, 9.17) is 9.72 Å². The molecule has 0 N–H and O–H groups in total. The Morgan fingerprint density at radius 1 is 0.707 bits per heavy atom. The summed E-state index contributed by atoms with van der Waals surface area (Å²) in [5, 5.41) is -0.164. The van der Waals surface area contributed by atoms with Crippen molar-refractivity contribution in [3.8, 4) is 17.0 Å². The van der Waals surface area contributed by atoms with Crippen LogP contribution in [-0.4, -0.2) is 28.9 Å². The highest BCUT2D eigenvalue weighted by Gasteiger charge is 2.40. The van der Waals surface area contributed by atoms with Crippen molar-refractivity contribution in [2.45, 2.75) is 30.1 Å². The molecule has 0 bridgehead atoms. The van der Waals surface area contributed by atoms with Gasteiger partial charge in [-0.25, -0.2) is 4.98 Å². The van der Waals surface area contributed by atoms with Gasteiger partial charge >= 0.3 is 0 Å². The first kappa shape index (κ1) is 28.5. The summed E-state index contributed by atoms with van der Waals surface area (Å²) in [6.07, 6.45) is 0.433. The van der Waals surface area contributed by atoms with Gasteiger partial charge < -0.3 is 4.74 Å². The van der Waals surface area contributed by atoms with Crippen molar-refractivity contribution < 1.29 is 21.6 Å². The second-order valence-electron chi connectivity index (χ2n) is 9.49. The number of methoxy groups -OCH3 is 1. The molecule has 4 aromatic carbocycles. The third kappa shape index (κ3) is 5.90. The standard InChI is InChI=1S/C31H28N2O5S3/c1-22-9-17-27(18-10-22)40(34,35)33(41(36,37)28-19-11-23(2)12-20-28)31-32-30(25-13-15-26(38-3)16-14-25)29(39-31)21-24-7-5-4-6-8-24/h4-20H,21H2,1-3H3. The minimum atomic E-state index is -4.58. The molecule has 210 valence electrons. The van der Waals surface area contributed by atoms with Crippen LogP contribution in [0.2, 0.25) is 0 Å². The van der Waals surface area contributed by atoms with Gasteiger partial charge in [-0.1, -0.05) is 77.1 Å². The van der Waals surface area contributed by atoms with Crippen molar-refractivity contribution in [3.05, 3.63) is 125 Å². The van der Waals surface area contributed by atoms with Crippen LogP contribution in [0.1, 0.15) is 21.6 Å². The summed E-state index contributed by atoms with van der Waals surface area (Å²) < 4.78 is 62.3. The minimum absolute atomic E-state index is 0.149. The third-order valence-corrected chi connectivity index (χ3v) is 11.9. The van der Waals surface area contributed by atoms with Gasteiger partial charge in [0.25, 0.3) is 20.0 Å². The fraction of sp³-hybridized carbons (Fsp3) is 0.129. The molecule has 0 atom stereocenters. The number of rotatable bonds is 9. The van der Waals surface area contributed by atoms with Crippen LogP contribution in [0, 0.1) is 13.8 Å². The summed E-state index contributed by atoms with van der Waals surface area (Å²) in [6.45, 7) is 3.66. The van der Waals surface area contributed by atoms with E-state index in [2.05, 4.69) is 0 Å². The minimum Gasteiger partial charge on any atom is -0.497 e. The Morgan fingerprint density at radius 3 is 1.71 bits per heavy atom. The number of sulfonamides is 2. The molecule has 5 rings (SSSR count). The van der Waals surface area contributed by atoms with Gasteiger partial charge in [-0.15, -0.1) is 3.71 Å². The molecule has 0 saturated heterocycles. The Kier molecular flexibility index (Phi) is 7.99. The molecule has 0 aliphatic rings. The van der Waals surface area contributed by atoms with E-state index >= 15 is 0 Å². The van der Waals surface area contributed by atoms with Crippen LogP contribution in [-0.2, 0) is 26.5 Å². The molecular weight excluding hydrogens is 577 g/mol. The zero-order valence-electron chi connectivity index (χ0n) is 22.7. The molecule has 5 aromatic rings. The Morgan fingerprint density at radius 2 is 1.22 bits per heavy atom. The molecule has 10 heteroatoms. The number of hydrogen-bond donors (Lipinski definition) is 0. The molecule has 0 aliphatic carbocycles. The Bertz CT molecular complexity index is 1790. The van der Waals surface area contributed by atoms with Crippen LogP contribution < -0.4 is 8.45 Å². The monoisotopic (exact) mass is 604 g/mol. The van der Waals surface area contributed by atoms with E-state index in [0.29, 0.717) is 27.1 Å². The van der Waals surface area contributed by atoms with Gasteiger partial charge in [0.15, 0.2) is 0 Å². The number of aromatic nitrogens is 1. The highest BCUT2D eigenvalue weighted by atomic mass is 32.3. The lowest BCUT2D eigenvalue weighted by molar-refractivity contribution is 0.415. The van der Waals surface area contributed by atoms with E-state index in [1.165, 1.54) is 24.3 Å². The molecule has 0 aliphatic heterocycles. The zero-order chi connectivity index (χ0) is 29.2. The highest BCUT2D eigenvalue weighted by molar-refractivity contribution is 8.10. The second-order valence-corrected chi connectivity index (χ2v) is 14.4. The summed E-state index contributed by atoms with van der Waals surface area (Å²) in [5.74, 6) is 0.652. The van der Waals surface area contributed by atoms with Crippen LogP contribution in [0.5, 0.6) is 5.75 Å². The smallest absolute Gasteiger partial charge is 0.279 e. The van der Waals surface area contributed by atoms with E-state index in [9.17, 15) is 16.8 Å². The van der Waals surface area contributed by atoms with Crippen LogP contribution in [0.3, 0.4) is 0 Å². The molecule has 7 nitrogen and oxygen atoms in total. The predicted molar refractivity (Wildman–Crippen MR) is 163 cm³/mol. The average molecular weight is 605 g/mol. The Labute approximate surface area is 244 Å². The van der Waals surface area contributed by atoms with E-state index in [1.807, 2.05) is 56.3 Å². The number of thiazole rings is 1. The molecule has 1 heterocycles. The number of ether oxygens (including phenoxy) is 1. The number of benzene rings is 4. The van der Waals surface area contributed by atoms with E-state index in [0.717, 1.165) is 32.9 Å². The van der Waals surface area contributed by atoms with Gasteiger partial charge in [-0.05, 0) is 67.9 Å². The molecular formula is C31H28N2O5S3. The fourth-order valence-electron chi connectivity index (χ4n) is 4.24. The summed E-state index contributed by atoms with van der Waals surface area (Å²) in [7, 11) is -7.60. The average Bonchev–Trinajstić information content (AvgIpc) is 3.36. The normalized spacial score (nSPS) is 11.8. The first-order valence-electron chi connectivity index (χ1n) is 12.7. The van der Waals surface area contributed by atoms with E-state index in [1.54, 1.807) is 43.5 Å². The summed E-state index contributed by atoms with van der Waals surface area (Å²) >= 11 is 1.04. The molecule has 0 spiro atoms. The van der Waals surface area contributed by atoms with Gasteiger partial charge in [-0.3, -0.25) is 0 Å². The SMILES string of the molecule is COc1ccc(-c2nc(N(S(=O)(=O)c3ccc(C)cc3)S(=O)(=O)c3ccc(C)cc3)sc2Cc2ccccc2)cc1. The van der Waals surface area contributed by atoms with E-state index < -0.39 is 20.0 Å². The largest absolute Gasteiger partial charge is 0.497 e. The molecule has 41 heavy (non-hydrogen) atoms. The van der Waals surface area contributed by atoms with Crippen molar-refractivity contribution in [1.82, 2.24) is 4.98 Å². The van der Waals surface area contributed by atoms with Crippen LogP contribution in [0.15, 0.2) is 113 Å². The topological polar surface area (TPSA) is 93.6 Å². The lowest BCUT2D eigenvalue weighted by Gasteiger charge is -2.21. The quantitative estimate of drug-likeness (QED) is 0.188. The number of anilines is 1. The lowest BCUT2D eigenvalue weighted by atomic mass is 10.1. The maximum atomic E-state index is 14.1. The first-order valence-corrected chi connectivity index (χ1v) is 16.4. The second kappa shape index (κ2) is 11.5. The molecule has 0 amide bonds. The van der Waals surface area contributed by atoms with Crippen molar-refractivity contribution in [3.63, 3.8) is 0 Å². The number of nitrogens with zero attached hydrogens (tertiary/aromatic N) is 2. The highest BCUT2D eigenvalue weighted by Crippen LogP contribution is 2.40. The van der Waals surface area contributed by atoms with Gasteiger partial charge in [0.2, 0.25) is 5.13 Å². The summed E-state index contributed by atoms with van der Waals surface area (Å²) in [6, 6.07) is 29.0. The van der Waals surface area contributed by atoms with Crippen molar-refractivity contribution in [2.24, 2.45) is 0 Å². The van der Waals surface area contributed by atoms with Crippen LogP contribution in [0.25, 0.3) is 11.3 Å². The number of hydrogen-bond acceptors (Lipinski definition) is 7. The van der Waals surface area contributed by atoms with Gasteiger partial charge in [0.05, 0.1) is 22.6 Å². The molecule has 0 saturated carbocycles. The maximum absolute atomic E-state index is 14.1. The predicted octanol–water partition coefficient (Wildman–Crippen LogP) is 6.61. The molecule has 0 unspecified atom stereocenters.